The Kier molecular flexibility index (Phi) is 6.04. The second kappa shape index (κ2) is 8.01. The van der Waals surface area contributed by atoms with Crippen molar-refractivity contribution in [2.45, 2.75) is 25.4 Å². The van der Waals surface area contributed by atoms with E-state index in [0.29, 0.717) is 6.04 Å². The predicted molar refractivity (Wildman–Crippen MR) is 89.3 cm³/mol. The van der Waals surface area contributed by atoms with E-state index in [1.807, 2.05) is 24.3 Å². The molecule has 0 bridgehead atoms. The van der Waals surface area contributed by atoms with Gasteiger partial charge in [-0.2, -0.15) is 0 Å². The smallest absolute Gasteiger partial charge is 0.122 e. The Balaban J connectivity index is 1.92. The van der Waals surface area contributed by atoms with E-state index in [-0.39, 0.29) is 6.04 Å². The maximum atomic E-state index is 5.54. The number of rotatable bonds is 8. The minimum absolute atomic E-state index is 0.232. The first-order valence-electron chi connectivity index (χ1n) is 7.67. The molecule has 0 saturated heterocycles. The normalized spacial score (nSPS) is 14.0. The van der Waals surface area contributed by atoms with E-state index in [0.717, 1.165) is 24.5 Å². The van der Waals surface area contributed by atoms with E-state index in [1.54, 1.807) is 13.4 Å². The molecule has 2 aromatic rings. The van der Waals surface area contributed by atoms with Gasteiger partial charge in [0, 0.05) is 12.6 Å². The van der Waals surface area contributed by atoms with Crippen molar-refractivity contribution in [2.24, 2.45) is 0 Å². The van der Waals surface area contributed by atoms with Crippen LogP contribution in [-0.4, -0.2) is 38.7 Å². The SMILES string of the molecule is COc1ccccc1CC(C)NCC(c1ccco1)N(C)C. The van der Waals surface area contributed by atoms with Gasteiger partial charge in [-0.15, -0.1) is 0 Å². The molecule has 0 spiro atoms. The molecule has 1 aromatic carbocycles. The molecule has 0 aliphatic carbocycles. The van der Waals surface area contributed by atoms with Crippen LogP contribution in [0.1, 0.15) is 24.3 Å². The van der Waals surface area contributed by atoms with Crippen LogP contribution in [0.15, 0.2) is 47.1 Å². The highest BCUT2D eigenvalue weighted by atomic mass is 16.5. The van der Waals surface area contributed by atoms with Crippen molar-refractivity contribution in [1.82, 2.24) is 10.2 Å². The van der Waals surface area contributed by atoms with Crippen LogP contribution in [0.25, 0.3) is 0 Å². The standard InChI is InChI=1S/C18H26N2O2/c1-14(12-15-8-5-6-9-17(15)21-4)19-13-16(20(2)3)18-10-7-11-22-18/h5-11,14,16,19H,12-13H2,1-4H3. The zero-order valence-corrected chi connectivity index (χ0v) is 13.9. The Bertz CT molecular complexity index is 552. The average Bonchev–Trinajstić information content (AvgIpc) is 3.01. The second-order valence-electron chi connectivity index (χ2n) is 5.82. The fourth-order valence-electron chi connectivity index (χ4n) is 2.60. The fourth-order valence-corrected chi connectivity index (χ4v) is 2.60. The van der Waals surface area contributed by atoms with Crippen LogP contribution < -0.4 is 10.1 Å². The minimum atomic E-state index is 0.232. The molecule has 0 amide bonds. The summed E-state index contributed by atoms with van der Waals surface area (Å²) in [6, 6.07) is 12.7. The van der Waals surface area contributed by atoms with Gasteiger partial charge in [-0.05, 0) is 51.2 Å². The molecule has 2 atom stereocenters. The van der Waals surface area contributed by atoms with Crippen LogP contribution in [0.4, 0.5) is 0 Å². The maximum absolute atomic E-state index is 5.54. The summed E-state index contributed by atoms with van der Waals surface area (Å²) in [4.78, 5) is 2.17. The van der Waals surface area contributed by atoms with Gasteiger partial charge in [0.2, 0.25) is 0 Å². The maximum Gasteiger partial charge on any atom is 0.122 e. The molecule has 0 radical (unpaired) electrons. The molecule has 2 rings (SSSR count). The number of ether oxygens (including phenoxy) is 1. The third-order valence-electron chi connectivity index (χ3n) is 3.87. The Hall–Kier alpha value is -1.78. The van der Waals surface area contributed by atoms with Crippen LogP contribution in [0.3, 0.4) is 0 Å². The molecule has 4 heteroatoms. The summed E-state index contributed by atoms with van der Waals surface area (Å²) in [6.07, 6.45) is 2.66. The molecule has 4 nitrogen and oxygen atoms in total. The number of hydrogen-bond acceptors (Lipinski definition) is 4. The highest BCUT2D eigenvalue weighted by molar-refractivity contribution is 5.33. The van der Waals surface area contributed by atoms with Crippen molar-refractivity contribution < 1.29 is 9.15 Å². The van der Waals surface area contributed by atoms with Crippen LogP contribution >= 0.6 is 0 Å². The van der Waals surface area contributed by atoms with Crippen molar-refractivity contribution in [1.29, 1.82) is 0 Å². The molecular weight excluding hydrogens is 276 g/mol. The van der Waals surface area contributed by atoms with E-state index in [4.69, 9.17) is 9.15 Å². The summed E-state index contributed by atoms with van der Waals surface area (Å²) < 4.78 is 11.0. The summed E-state index contributed by atoms with van der Waals surface area (Å²) in [5.41, 5.74) is 1.23. The van der Waals surface area contributed by atoms with Gasteiger partial charge in [-0.3, -0.25) is 4.90 Å². The first kappa shape index (κ1) is 16.6. The number of nitrogens with zero attached hydrogens (tertiary/aromatic N) is 1. The molecule has 0 saturated carbocycles. The Morgan fingerprint density at radius 1 is 1.18 bits per heavy atom. The van der Waals surface area contributed by atoms with E-state index < -0.39 is 0 Å². The van der Waals surface area contributed by atoms with Crippen molar-refractivity contribution in [3.63, 3.8) is 0 Å². The summed E-state index contributed by atoms with van der Waals surface area (Å²) in [6.45, 7) is 3.04. The fraction of sp³-hybridized carbons (Fsp3) is 0.444. The molecule has 1 aromatic heterocycles. The number of methoxy groups -OCH3 is 1. The molecule has 0 fully saturated rings. The van der Waals surface area contributed by atoms with Crippen LogP contribution in [0.2, 0.25) is 0 Å². The van der Waals surface area contributed by atoms with Crippen LogP contribution in [-0.2, 0) is 6.42 Å². The quantitative estimate of drug-likeness (QED) is 0.813. The molecule has 1 heterocycles. The van der Waals surface area contributed by atoms with Crippen LogP contribution in [0.5, 0.6) is 5.75 Å². The van der Waals surface area contributed by atoms with E-state index in [2.05, 4.69) is 43.4 Å². The summed E-state index contributed by atoms with van der Waals surface area (Å²) in [5, 5.41) is 3.59. The van der Waals surface area contributed by atoms with Crippen molar-refractivity contribution in [3.05, 3.63) is 54.0 Å². The van der Waals surface area contributed by atoms with Gasteiger partial charge in [0.25, 0.3) is 0 Å². The molecule has 1 N–H and O–H groups in total. The van der Waals surface area contributed by atoms with Crippen LogP contribution in [0, 0.1) is 0 Å². The number of benzene rings is 1. The Morgan fingerprint density at radius 3 is 2.59 bits per heavy atom. The molecule has 2 unspecified atom stereocenters. The predicted octanol–water partition coefficient (Wildman–Crippen LogP) is 3.11. The van der Waals surface area contributed by atoms with Crippen molar-refractivity contribution in [2.75, 3.05) is 27.7 Å². The van der Waals surface area contributed by atoms with Gasteiger partial charge >= 0.3 is 0 Å². The third-order valence-corrected chi connectivity index (χ3v) is 3.87. The lowest BCUT2D eigenvalue weighted by Gasteiger charge is -2.25. The van der Waals surface area contributed by atoms with Gasteiger partial charge < -0.3 is 14.5 Å². The Morgan fingerprint density at radius 2 is 1.95 bits per heavy atom. The lowest BCUT2D eigenvalue weighted by molar-refractivity contribution is 0.244. The Labute approximate surface area is 133 Å². The molecule has 120 valence electrons. The minimum Gasteiger partial charge on any atom is -0.496 e. The van der Waals surface area contributed by atoms with Gasteiger partial charge in [0.15, 0.2) is 0 Å². The van der Waals surface area contributed by atoms with Gasteiger partial charge in [-0.25, -0.2) is 0 Å². The van der Waals surface area contributed by atoms with E-state index in [1.165, 1.54) is 5.56 Å². The summed E-state index contributed by atoms with van der Waals surface area (Å²) in [5.74, 6) is 1.94. The van der Waals surface area contributed by atoms with Gasteiger partial charge in [-0.1, -0.05) is 18.2 Å². The lowest BCUT2D eigenvalue weighted by atomic mass is 10.1. The highest BCUT2D eigenvalue weighted by Gasteiger charge is 2.18. The number of furan rings is 1. The number of para-hydroxylation sites is 1. The summed E-state index contributed by atoms with van der Waals surface area (Å²) >= 11 is 0. The topological polar surface area (TPSA) is 37.6 Å². The van der Waals surface area contributed by atoms with Crippen molar-refractivity contribution in [3.8, 4) is 5.75 Å². The zero-order valence-electron chi connectivity index (χ0n) is 13.9. The first-order chi connectivity index (χ1) is 10.6. The average molecular weight is 302 g/mol. The lowest BCUT2D eigenvalue weighted by Crippen LogP contribution is -2.36. The summed E-state index contributed by atoms with van der Waals surface area (Å²) in [7, 11) is 5.86. The number of hydrogen-bond donors (Lipinski definition) is 1. The monoisotopic (exact) mass is 302 g/mol. The van der Waals surface area contributed by atoms with Gasteiger partial charge in [0.1, 0.15) is 11.5 Å². The highest BCUT2D eigenvalue weighted by Crippen LogP contribution is 2.20. The zero-order chi connectivity index (χ0) is 15.9. The van der Waals surface area contributed by atoms with E-state index in [9.17, 15) is 0 Å². The van der Waals surface area contributed by atoms with Gasteiger partial charge in [0.05, 0.1) is 19.4 Å². The molecule has 22 heavy (non-hydrogen) atoms. The number of nitrogens with one attached hydrogen (secondary N) is 1. The first-order valence-corrected chi connectivity index (χ1v) is 7.67. The van der Waals surface area contributed by atoms with E-state index >= 15 is 0 Å². The number of likely N-dealkylation sites (N-methyl/N-ethyl adjacent to an activating group) is 1. The molecular formula is C18H26N2O2. The molecule has 0 aliphatic heterocycles. The second-order valence-corrected chi connectivity index (χ2v) is 5.82. The molecule has 0 aliphatic rings. The van der Waals surface area contributed by atoms with Crippen molar-refractivity contribution >= 4 is 0 Å². The third kappa shape index (κ3) is 4.36. The largest absolute Gasteiger partial charge is 0.496 e.